The largest absolute Gasteiger partial charge is 0.462 e. The number of rotatable bonds is 9. The van der Waals surface area contributed by atoms with Crippen molar-refractivity contribution in [2.24, 2.45) is 5.73 Å². The first-order chi connectivity index (χ1) is 8.84. The molecule has 0 atom stereocenters. The molecule has 0 bridgehead atoms. The van der Waals surface area contributed by atoms with Crippen molar-refractivity contribution in [3.8, 4) is 0 Å². The molecule has 0 aromatic rings. The number of hydrogen-bond donors (Lipinski definition) is 2. The van der Waals surface area contributed by atoms with Crippen LogP contribution >= 0.6 is 0 Å². The van der Waals surface area contributed by atoms with Gasteiger partial charge in [-0.15, -0.1) is 0 Å². The molecule has 1 rings (SSSR count). The quantitative estimate of drug-likeness (QED) is 0.486. The summed E-state index contributed by atoms with van der Waals surface area (Å²) in [6, 6.07) is 0. The van der Waals surface area contributed by atoms with E-state index in [0.29, 0.717) is 6.61 Å². The fraction of sp³-hybridized carbons (Fsp3) is 0.786. The molecule has 18 heavy (non-hydrogen) atoms. The van der Waals surface area contributed by atoms with Crippen LogP contribution < -0.4 is 11.1 Å². The van der Waals surface area contributed by atoms with Crippen LogP contribution in [0.3, 0.4) is 0 Å². The maximum absolute atomic E-state index is 11.6. The van der Waals surface area contributed by atoms with Crippen molar-refractivity contribution in [3.05, 3.63) is 11.6 Å². The summed E-state index contributed by atoms with van der Waals surface area (Å²) in [6.07, 6.45) is 9.30. The van der Waals surface area contributed by atoms with E-state index in [1.807, 2.05) is 6.08 Å². The molecule has 0 aromatic carbocycles. The first kappa shape index (κ1) is 15.2. The van der Waals surface area contributed by atoms with Crippen LogP contribution in [0, 0.1) is 0 Å². The summed E-state index contributed by atoms with van der Waals surface area (Å²) in [5.41, 5.74) is 6.28. The maximum Gasteiger partial charge on any atom is 0.333 e. The minimum Gasteiger partial charge on any atom is -0.462 e. The molecular weight excluding hydrogens is 228 g/mol. The molecule has 0 unspecified atom stereocenters. The predicted octanol–water partition coefficient (Wildman–Crippen LogP) is 1.75. The third-order valence-corrected chi connectivity index (χ3v) is 3.09. The molecule has 104 valence electrons. The van der Waals surface area contributed by atoms with E-state index in [-0.39, 0.29) is 5.97 Å². The summed E-state index contributed by atoms with van der Waals surface area (Å²) >= 11 is 0. The standard InChI is InChI=1S/C14H26N2O2/c15-9-4-5-10-16-11-6-12-18-14(17)13-7-2-1-3-8-13/h7,16H,1-6,8-12,15H2. The second kappa shape index (κ2) is 10.1. The highest BCUT2D eigenvalue weighted by Crippen LogP contribution is 2.18. The van der Waals surface area contributed by atoms with Gasteiger partial charge in [0.15, 0.2) is 0 Å². The number of allylic oxidation sites excluding steroid dienone is 1. The Morgan fingerprint density at radius 1 is 1.28 bits per heavy atom. The smallest absolute Gasteiger partial charge is 0.333 e. The SMILES string of the molecule is NCCCCNCCCOC(=O)C1=CCCCC1. The average Bonchev–Trinajstić information content (AvgIpc) is 2.42. The molecule has 0 aliphatic heterocycles. The lowest BCUT2D eigenvalue weighted by Gasteiger charge is -2.12. The van der Waals surface area contributed by atoms with Gasteiger partial charge in [0.05, 0.1) is 6.61 Å². The minimum atomic E-state index is -0.113. The van der Waals surface area contributed by atoms with Crippen molar-refractivity contribution >= 4 is 5.97 Å². The van der Waals surface area contributed by atoms with Crippen molar-refractivity contribution in [1.29, 1.82) is 0 Å². The highest BCUT2D eigenvalue weighted by molar-refractivity contribution is 5.88. The summed E-state index contributed by atoms with van der Waals surface area (Å²) in [5.74, 6) is -0.113. The number of hydrogen-bond acceptors (Lipinski definition) is 4. The molecule has 4 heteroatoms. The molecule has 0 aromatic heterocycles. The topological polar surface area (TPSA) is 64.3 Å². The Kier molecular flexibility index (Phi) is 8.51. The fourth-order valence-corrected chi connectivity index (χ4v) is 2.00. The van der Waals surface area contributed by atoms with Crippen LogP contribution in [0.2, 0.25) is 0 Å². The van der Waals surface area contributed by atoms with E-state index in [1.165, 1.54) is 6.42 Å². The molecule has 0 heterocycles. The van der Waals surface area contributed by atoms with E-state index in [4.69, 9.17) is 10.5 Å². The number of unbranched alkanes of at least 4 members (excludes halogenated alkanes) is 1. The monoisotopic (exact) mass is 254 g/mol. The number of ether oxygens (including phenoxy) is 1. The minimum absolute atomic E-state index is 0.113. The van der Waals surface area contributed by atoms with Gasteiger partial charge in [-0.2, -0.15) is 0 Å². The Labute approximate surface area is 110 Å². The normalized spacial score (nSPS) is 15.3. The number of esters is 1. The third-order valence-electron chi connectivity index (χ3n) is 3.09. The molecule has 4 nitrogen and oxygen atoms in total. The molecule has 0 fully saturated rings. The van der Waals surface area contributed by atoms with Gasteiger partial charge < -0.3 is 15.8 Å². The highest BCUT2D eigenvalue weighted by Gasteiger charge is 2.12. The first-order valence-electron chi connectivity index (χ1n) is 7.11. The van der Waals surface area contributed by atoms with Crippen molar-refractivity contribution in [3.63, 3.8) is 0 Å². The molecule has 0 saturated carbocycles. The Morgan fingerprint density at radius 2 is 2.11 bits per heavy atom. The molecule has 0 spiro atoms. The van der Waals surface area contributed by atoms with Gasteiger partial charge in [-0.3, -0.25) is 0 Å². The van der Waals surface area contributed by atoms with Crippen molar-refractivity contribution in [1.82, 2.24) is 5.32 Å². The van der Waals surface area contributed by atoms with Crippen LogP contribution in [0.4, 0.5) is 0 Å². The zero-order chi connectivity index (χ0) is 13.1. The average molecular weight is 254 g/mol. The van der Waals surface area contributed by atoms with Crippen LogP contribution in [-0.2, 0) is 9.53 Å². The predicted molar refractivity (Wildman–Crippen MR) is 73.3 cm³/mol. The Balaban J connectivity index is 1.94. The summed E-state index contributed by atoms with van der Waals surface area (Å²) < 4.78 is 5.24. The molecule has 0 saturated heterocycles. The summed E-state index contributed by atoms with van der Waals surface area (Å²) in [4.78, 5) is 11.6. The number of nitrogens with one attached hydrogen (secondary N) is 1. The number of carbonyl (C=O) groups excluding carboxylic acids is 1. The molecule has 1 aliphatic rings. The van der Waals surface area contributed by atoms with E-state index in [2.05, 4.69) is 5.32 Å². The van der Waals surface area contributed by atoms with Gasteiger partial charge in [0, 0.05) is 5.57 Å². The zero-order valence-corrected chi connectivity index (χ0v) is 11.2. The van der Waals surface area contributed by atoms with Crippen molar-refractivity contribution < 1.29 is 9.53 Å². The number of carbonyl (C=O) groups is 1. The van der Waals surface area contributed by atoms with Crippen LogP contribution in [0.15, 0.2) is 11.6 Å². The fourth-order valence-electron chi connectivity index (χ4n) is 2.00. The second-order valence-corrected chi connectivity index (χ2v) is 4.71. The van der Waals surface area contributed by atoms with E-state index >= 15 is 0 Å². The lowest BCUT2D eigenvalue weighted by Crippen LogP contribution is -2.20. The van der Waals surface area contributed by atoms with E-state index in [0.717, 1.165) is 63.7 Å². The van der Waals surface area contributed by atoms with E-state index in [9.17, 15) is 4.79 Å². The van der Waals surface area contributed by atoms with Crippen LogP contribution in [0.25, 0.3) is 0 Å². The van der Waals surface area contributed by atoms with Gasteiger partial charge in [-0.05, 0) is 64.6 Å². The Morgan fingerprint density at radius 3 is 2.83 bits per heavy atom. The number of nitrogens with two attached hydrogens (primary N) is 1. The molecule has 3 N–H and O–H groups in total. The third kappa shape index (κ3) is 6.77. The lowest BCUT2D eigenvalue weighted by atomic mass is 10.00. The first-order valence-corrected chi connectivity index (χ1v) is 7.11. The Bertz CT molecular complexity index is 265. The van der Waals surface area contributed by atoms with Gasteiger partial charge in [0.1, 0.15) is 0 Å². The van der Waals surface area contributed by atoms with Gasteiger partial charge in [0.25, 0.3) is 0 Å². The molecule has 1 aliphatic carbocycles. The van der Waals surface area contributed by atoms with Crippen LogP contribution in [-0.4, -0.2) is 32.2 Å². The molecule has 0 amide bonds. The summed E-state index contributed by atoms with van der Waals surface area (Å²) in [5, 5.41) is 3.31. The van der Waals surface area contributed by atoms with Gasteiger partial charge in [-0.1, -0.05) is 6.08 Å². The van der Waals surface area contributed by atoms with Crippen molar-refractivity contribution in [2.45, 2.75) is 44.9 Å². The lowest BCUT2D eigenvalue weighted by molar-refractivity contribution is -0.139. The summed E-state index contributed by atoms with van der Waals surface area (Å²) in [6.45, 7) is 3.17. The van der Waals surface area contributed by atoms with E-state index in [1.54, 1.807) is 0 Å². The van der Waals surface area contributed by atoms with Crippen molar-refractivity contribution in [2.75, 3.05) is 26.2 Å². The maximum atomic E-state index is 11.6. The van der Waals surface area contributed by atoms with Gasteiger partial charge >= 0.3 is 5.97 Å². The second-order valence-electron chi connectivity index (χ2n) is 4.71. The molecular formula is C14H26N2O2. The Hall–Kier alpha value is -0.870. The van der Waals surface area contributed by atoms with Gasteiger partial charge in [-0.25, -0.2) is 4.79 Å². The van der Waals surface area contributed by atoms with Gasteiger partial charge in [0.2, 0.25) is 0 Å². The molecule has 0 radical (unpaired) electrons. The van der Waals surface area contributed by atoms with E-state index < -0.39 is 0 Å². The van der Waals surface area contributed by atoms with Crippen LogP contribution in [0.1, 0.15) is 44.9 Å². The highest BCUT2D eigenvalue weighted by atomic mass is 16.5. The van der Waals surface area contributed by atoms with Crippen LogP contribution in [0.5, 0.6) is 0 Å². The zero-order valence-electron chi connectivity index (χ0n) is 11.2. The summed E-state index contributed by atoms with van der Waals surface area (Å²) in [7, 11) is 0.